The summed E-state index contributed by atoms with van der Waals surface area (Å²) in [5, 5.41) is 10.1. The summed E-state index contributed by atoms with van der Waals surface area (Å²) in [6, 6.07) is 18.1. The van der Waals surface area contributed by atoms with Crippen molar-refractivity contribution >= 4 is 33.6 Å². The molecule has 1 saturated heterocycles. The van der Waals surface area contributed by atoms with E-state index >= 15 is 0 Å². The number of likely N-dealkylation sites (tertiary alicyclic amines) is 1. The number of para-hydroxylation sites is 1. The topological polar surface area (TPSA) is 115 Å². The van der Waals surface area contributed by atoms with Crippen LogP contribution in [0.2, 0.25) is 0 Å². The number of fused-ring (bicyclic) bond motifs is 2. The van der Waals surface area contributed by atoms with E-state index < -0.39 is 51.9 Å². The number of aliphatic carboxylic acids is 1. The zero-order valence-corrected chi connectivity index (χ0v) is 27.4. The van der Waals surface area contributed by atoms with E-state index in [0.717, 1.165) is 0 Å². The van der Waals surface area contributed by atoms with Gasteiger partial charge in [0.1, 0.15) is 17.2 Å². The first-order valence-corrected chi connectivity index (χ1v) is 15.6. The van der Waals surface area contributed by atoms with Gasteiger partial charge in [0.25, 0.3) is 11.5 Å². The van der Waals surface area contributed by atoms with Gasteiger partial charge in [-0.25, -0.2) is 8.78 Å². The van der Waals surface area contributed by atoms with Gasteiger partial charge in [-0.15, -0.1) is 0 Å². The summed E-state index contributed by atoms with van der Waals surface area (Å²) in [5.41, 5.74) is 3.71. The molecule has 0 spiro atoms. The summed E-state index contributed by atoms with van der Waals surface area (Å²) >= 11 is 0. The molecular weight excluding hydrogens is 661 g/mol. The molecule has 2 heterocycles. The molecule has 0 bridgehead atoms. The highest BCUT2D eigenvalue weighted by molar-refractivity contribution is 6.01. The molecule has 50 heavy (non-hydrogen) atoms. The van der Waals surface area contributed by atoms with Gasteiger partial charge in [0.05, 0.1) is 22.7 Å². The molecule has 1 amide bonds. The lowest BCUT2D eigenvalue weighted by atomic mass is 9.91. The van der Waals surface area contributed by atoms with Crippen LogP contribution in [0.3, 0.4) is 0 Å². The monoisotopic (exact) mass is 695 g/mol. The van der Waals surface area contributed by atoms with Crippen LogP contribution in [0.5, 0.6) is 0 Å². The Morgan fingerprint density at radius 3 is 2.16 bits per heavy atom. The molecule has 1 fully saturated rings. The van der Waals surface area contributed by atoms with Crippen molar-refractivity contribution < 1.29 is 41.4 Å². The number of ether oxygens (including phenoxy) is 1. The summed E-state index contributed by atoms with van der Waals surface area (Å²) < 4.78 is 76.7. The van der Waals surface area contributed by atoms with Gasteiger partial charge in [-0.2, -0.15) is 13.2 Å². The Balaban J connectivity index is 0.000000219. The summed E-state index contributed by atoms with van der Waals surface area (Å²) in [4.78, 5) is 37.1. The number of carboxylic acid groups (broad SMARTS) is 1. The van der Waals surface area contributed by atoms with Crippen LogP contribution in [0.15, 0.2) is 77.6 Å². The first kappa shape index (κ1) is 36.1. The first-order valence-electron chi connectivity index (χ1n) is 15.6. The lowest BCUT2D eigenvalue weighted by molar-refractivity contribution is -0.137. The zero-order valence-electron chi connectivity index (χ0n) is 27.4. The largest absolute Gasteiger partial charge is 0.481 e. The molecule has 3 N–H and O–H groups in total. The fourth-order valence-electron chi connectivity index (χ4n) is 6.63. The highest BCUT2D eigenvalue weighted by atomic mass is 19.4. The van der Waals surface area contributed by atoms with Crippen LogP contribution in [0.25, 0.3) is 32.8 Å². The maximum Gasteiger partial charge on any atom is 0.417 e. The Morgan fingerprint density at radius 2 is 1.56 bits per heavy atom. The third-order valence-electron chi connectivity index (χ3n) is 9.02. The number of alkyl halides is 3. The number of hydrogen-bond donors (Lipinski definition) is 2. The van der Waals surface area contributed by atoms with Gasteiger partial charge < -0.3 is 20.1 Å². The van der Waals surface area contributed by atoms with E-state index in [-0.39, 0.29) is 41.5 Å². The molecular formula is C37H34F5N3O5. The second-order valence-electron chi connectivity index (χ2n) is 12.1. The van der Waals surface area contributed by atoms with Crippen LogP contribution >= 0.6 is 0 Å². The number of amides is 1. The summed E-state index contributed by atoms with van der Waals surface area (Å²) in [5.74, 6) is -3.90. The molecule has 5 aromatic rings. The number of carbonyl (C=O) groups excluding carboxylic acids is 1. The first-order chi connectivity index (χ1) is 23.6. The van der Waals surface area contributed by atoms with E-state index in [9.17, 15) is 36.3 Å². The Labute approximate surface area is 283 Å². The van der Waals surface area contributed by atoms with Crippen molar-refractivity contribution in [2.75, 3.05) is 20.7 Å². The number of likely N-dealkylation sites (N-methyl/N-ethyl adjacent to an activating group) is 1. The van der Waals surface area contributed by atoms with E-state index in [2.05, 4.69) is 0 Å². The average Bonchev–Trinajstić information content (AvgIpc) is 3.44. The van der Waals surface area contributed by atoms with Crippen LogP contribution in [-0.2, 0) is 29.2 Å². The van der Waals surface area contributed by atoms with Gasteiger partial charge in [-0.3, -0.25) is 19.3 Å². The van der Waals surface area contributed by atoms with Crippen molar-refractivity contribution in [2.45, 2.75) is 37.6 Å². The van der Waals surface area contributed by atoms with Gasteiger partial charge in [-0.05, 0) is 65.6 Å². The number of carboxylic acids is 1. The van der Waals surface area contributed by atoms with Crippen LogP contribution in [0.4, 0.5) is 22.0 Å². The molecule has 0 radical (unpaired) electrons. The molecule has 0 saturated carbocycles. The Bertz CT molecular complexity index is 2140. The normalized spacial score (nSPS) is 16.4. The van der Waals surface area contributed by atoms with E-state index in [1.807, 2.05) is 11.9 Å². The Morgan fingerprint density at radius 1 is 0.940 bits per heavy atom. The number of primary amides is 1. The molecule has 4 aromatic carbocycles. The Kier molecular flexibility index (Phi) is 10.4. The molecule has 1 aliphatic heterocycles. The van der Waals surface area contributed by atoms with Crippen LogP contribution in [0.1, 0.15) is 45.9 Å². The molecule has 262 valence electrons. The molecule has 6 rings (SSSR count). The quantitative estimate of drug-likeness (QED) is 0.180. The van der Waals surface area contributed by atoms with Gasteiger partial charge >= 0.3 is 12.1 Å². The number of hydrogen-bond acceptors (Lipinski definition) is 5. The standard InChI is InChI=1S/C24H18F3NO3.C13H16F2N2O2/c1-28-19-11-3-2-7-18(19)22(24(25,26)27)21(23(28)31)17-10-5-8-15-14(12-13-20(29)30)6-4-9-16(15)17;1-17-6-8(19-2)5-11(17)7-3-9(14)12(13(16)18)10(15)4-7/h2-11H,12-13H2,1H3,(H,29,30);3-4,8,11H,5-6H2,1-2H3,(H2,16,18). The molecule has 2 atom stereocenters. The van der Waals surface area contributed by atoms with Crippen LogP contribution < -0.4 is 11.3 Å². The number of aryl methyl sites for hydroxylation is 2. The number of halogens is 5. The van der Waals surface area contributed by atoms with Crippen molar-refractivity contribution in [3.8, 4) is 11.1 Å². The smallest absolute Gasteiger partial charge is 0.417 e. The third kappa shape index (κ3) is 7.10. The highest BCUT2D eigenvalue weighted by Gasteiger charge is 2.38. The number of benzene rings is 4. The molecule has 1 aliphatic rings. The third-order valence-corrected chi connectivity index (χ3v) is 9.02. The number of rotatable bonds is 7. The minimum Gasteiger partial charge on any atom is -0.481 e. The summed E-state index contributed by atoms with van der Waals surface area (Å²) in [6.45, 7) is 0.696. The van der Waals surface area contributed by atoms with Gasteiger partial charge in [0, 0.05) is 38.6 Å². The SMILES string of the molecule is COC1CC(c2cc(F)c(C(N)=O)c(F)c2)N(C)C1.Cn1c(=O)c(-c2cccc3c(CCC(=O)O)cccc23)c(C(F)(F)F)c2ccccc21. The molecule has 8 nitrogen and oxygen atoms in total. The van der Waals surface area contributed by atoms with E-state index in [4.69, 9.17) is 15.6 Å². The van der Waals surface area contributed by atoms with Gasteiger partial charge in [0.15, 0.2) is 0 Å². The fraction of sp³-hybridized carbons (Fsp3) is 0.270. The Hall–Kier alpha value is -5.14. The number of methoxy groups -OCH3 is 1. The molecule has 0 aliphatic carbocycles. The van der Waals surface area contributed by atoms with Crippen molar-refractivity contribution in [3.05, 3.63) is 117 Å². The number of carbonyl (C=O) groups is 2. The zero-order chi connectivity index (χ0) is 36.5. The average molecular weight is 696 g/mol. The van der Waals surface area contributed by atoms with Crippen molar-refractivity contribution in [1.82, 2.24) is 9.47 Å². The highest BCUT2D eigenvalue weighted by Crippen LogP contribution is 2.42. The summed E-state index contributed by atoms with van der Waals surface area (Å²) in [6.07, 6.45) is -3.92. The van der Waals surface area contributed by atoms with Crippen molar-refractivity contribution in [1.29, 1.82) is 0 Å². The van der Waals surface area contributed by atoms with E-state index in [1.165, 1.54) is 48.0 Å². The van der Waals surface area contributed by atoms with E-state index in [0.29, 0.717) is 34.9 Å². The predicted molar refractivity (Wildman–Crippen MR) is 179 cm³/mol. The number of pyridine rings is 1. The van der Waals surface area contributed by atoms with Gasteiger partial charge in [-0.1, -0.05) is 54.6 Å². The lowest BCUT2D eigenvalue weighted by Crippen LogP contribution is -2.24. The molecule has 13 heteroatoms. The maximum absolute atomic E-state index is 14.3. The molecule has 2 unspecified atom stereocenters. The van der Waals surface area contributed by atoms with E-state index in [1.54, 1.807) is 43.5 Å². The second kappa shape index (κ2) is 14.4. The predicted octanol–water partition coefficient (Wildman–Crippen LogP) is 6.85. The maximum atomic E-state index is 14.3. The number of nitrogens with two attached hydrogens (primary N) is 1. The number of aromatic nitrogens is 1. The lowest BCUT2D eigenvalue weighted by Gasteiger charge is -2.19. The second-order valence-corrected chi connectivity index (χ2v) is 12.1. The molecule has 1 aromatic heterocycles. The van der Waals surface area contributed by atoms with Crippen LogP contribution in [-0.4, -0.2) is 53.3 Å². The van der Waals surface area contributed by atoms with Crippen molar-refractivity contribution in [3.63, 3.8) is 0 Å². The van der Waals surface area contributed by atoms with Crippen molar-refractivity contribution in [2.24, 2.45) is 12.8 Å². The van der Waals surface area contributed by atoms with Gasteiger partial charge in [0.2, 0.25) is 0 Å². The minimum absolute atomic E-state index is 0.0388. The minimum atomic E-state index is -4.74. The fourth-order valence-corrected chi connectivity index (χ4v) is 6.63. The van der Waals surface area contributed by atoms with Crippen LogP contribution in [0, 0.1) is 11.6 Å². The number of nitrogens with zero attached hydrogens (tertiary/aromatic N) is 2. The summed E-state index contributed by atoms with van der Waals surface area (Å²) in [7, 11) is 4.93.